The van der Waals surface area contributed by atoms with Crippen LogP contribution < -0.4 is 10.6 Å². The van der Waals surface area contributed by atoms with Crippen LogP contribution in [0.1, 0.15) is 13.3 Å². The standard InChI is InChI=1S/C14H16FN3/c1-2-10-16-13-4-3-5-14(18-13)17-12-8-6-11(15)7-9-12/h3-9H,2,10H2,1H3,(H2,16,17,18). The lowest BCUT2D eigenvalue weighted by Crippen LogP contribution is -2.03. The van der Waals surface area contributed by atoms with Crippen molar-refractivity contribution in [1.82, 2.24) is 4.98 Å². The summed E-state index contributed by atoms with van der Waals surface area (Å²) >= 11 is 0. The molecule has 1 aromatic heterocycles. The van der Waals surface area contributed by atoms with E-state index in [2.05, 4.69) is 22.5 Å². The maximum absolute atomic E-state index is 12.8. The quantitative estimate of drug-likeness (QED) is 0.841. The topological polar surface area (TPSA) is 37.0 Å². The molecule has 0 aliphatic rings. The van der Waals surface area contributed by atoms with Gasteiger partial charge in [-0.2, -0.15) is 0 Å². The van der Waals surface area contributed by atoms with Gasteiger partial charge in [0.1, 0.15) is 17.5 Å². The number of hydrogen-bond donors (Lipinski definition) is 2. The Hall–Kier alpha value is -2.10. The molecule has 1 heterocycles. The number of anilines is 3. The van der Waals surface area contributed by atoms with Gasteiger partial charge in [-0.1, -0.05) is 13.0 Å². The Kier molecular flexibility index (Phi) is 4.12. The number of rotatable bonds is 5. The second-order valence-electron chi connectivity index (χ2n) is 3.97. The molecule has 1 aromatic carbocycles. The highest BCUT2D eigenvalue weighted by molar-refractivity contribution is 5.57. The van der Waals surface area contributed by atoms with E-state index in [9.17, 15) is 4.39 Å². The summed E-state index contributed by atoms with van der Waals surface area (Å²) in [5, 5.41) is 6.35. The van der Waals surface area contributed by atoms with Gasteiger partial charge in [-0.3, -0.25) is 0 Å². The van der Waals surface area contributed by atoms with Crippen LogP contribution in [0, 0.1) is 5.82 Å². The van der Waals surface area contributed by atoms with Crippen molar-refractivity contribution in [1.29, 1.82) is 0 Å². The number of hydrogen-bond acceptors (Lipinski definition) is 3. The minimum Gasteiger partial charge on any atom is -0.370 e. The second-order valence-corrected chi connectivity index (χ2v) is 3.97. The molecule has 0 saturated heterocycles. The van der Waals surface area contributed by atoms with Crippen LogP contribution in [0.25, 0.3) is 0 Å². The number of benzene rings is 1. The van der Waals surface area contributed by atoms with Crippen LogP contribution in [0.2, 0.25) is 0 Å². The molecule has 2 rings (SSSR count). The van der Waals surface area contributed by atoms with E-state index < -0.39 is 0 Å². The molecule has 18 heavy (non-hydrogen) atoms. The average Bonchev–Trinajstić information content (AvgIpc) is 2.40. The van der Waals surface area contributed by atoms with Gasteiger partial charge >= 0.3 is 0 Å². The van der Waals surface area contributed by atoms with E-state index in [4.69, 9.17) is 0 Å². The molecule has 3 nitrogen and oxygen atoms in total. The van der Waals surface area contributed by atoms with Crippen molar-refractivity contribution < 1.29 is 4.39 Å². The van der Waals surface area contributed by atoms with Crippen LogP contribution >= 0.6 is 0 Å². The molecule has 0 spiro atoms. The fourth-order valence-electron chi connectivity index (χ4n) is 1.54. The molecule has 0 amide bonds. The largest absolute Gasteiger partial charge is 0.370 e. The molecular weight excluding hydrogens is 229 g/mol. The molecule has 0 aliphatic heterocycles. The molecule has 94 valence electrons. The van der Waals surface area contributed by atoms with Gasteiger partial charge in [-0.25, -0.2) is 9.37 Å². The lowest BCUT2D eigenvalue weighted by atomic mass is 10.3. The summed E-state index contributed by atoms with van der Waals surface area (Å²) in [4.78, 5) is 4.41. The molecule has 0 aliphatic carbocycles. The Morgan fingerprint density at radius 2 is 1.78 bits per heavy atom. The third-order valence-electron chi connectivity index (χ3n) is 2.42. The summed E-state index contributed by atoms with van der Waals surface area (Å²) in [6.07, 6.45) is 1.05. The summed E-state index contributed by atoms with van der Waals surface area (Å²) in [6, 6.07) is 11.9. The number of nitrogens with one attached hydrogen (secondary N) is 2. The first-order valence-electron chi connectivity index (χ1n) is 6.01. The first-order chi connectivity index (χ1) is 8.78. The highest BCUT2D eigenvalue weighted by atomic mass is 19.1. The van der Waals surface area contributed by atoms with Crippen molar-refractivity contribution in [3.05, 3.63) is 48.3 Å². The van der Waals surface area contributed by atoms with Crippen LogP contribution in [0.15, 0.2) is 42.5 Å². The molecule has 0 radical (unpaired) electrons. The van der Waals surface area contributed by atoms with E-state index in [-0.39, 0.29) is 5.82 Å². The molecule has 0 atom stereocenters. The SMILES string of the molecule is CCCNc1cccc(Nc2ccc(F)cc2)n1. The first-order valence-corrected chi connectivity index (χ1v) is 6.01. The van der Waals surface area contributed by atoms with Crippen molar-refractivity contribution in [3.8, 4) is 0 Å². The van der Waals surface area contributed by atoms with Crippen LogP contribution in [-0.4, -0.2) is 11.5 Å². The molecule has 0 fully saturated rings. The third kappa shape index (κ3) is 3.45. The zero-order valence-electron chi connectivity index (χ0n) is 10.3. The summed E-state index contributed by atoms with van der Waals surface area (Å²) < 4.78 is 12.8. The van der Waals surface area contributed by atoms with Crippen molar-refractivity contribution >= 4 is 17.3 Å². The Bertz CT molecular complexity index is 497. The Balaban J connectivity index is 2.06. The fraction of sp³-hybridized carbons (Fsp3) is 0.214. The lowest BCUT2D eigenvalue weighted by molar-refractivity contribution is 0.628. The molecule has 2 aromatic rings. The molecule has 4 heteroatoms. The Morgan fingerprint density at radius 1 is 1.06 bits per heavy atom. The van der Waals surface area contributed by atoms with Gasteiger partial charge in [0.2, 0.25) is 0 Å². The number of nitrogens with zero attached hydrogens (tertiary/aromatic N) is 1. The van der Waals surface area contributed by atoms with E-state index in [1.807, 2.05) is 18.2 Å². The zero-order chi connectivity index (χ0) is 12.8. The molecule has 0 saturated carbocycles. The first kappa shape index (κ1) is 12.4. The van der Waals surface area contributed by atoms with Crippen LogP contribution in [-0.2, 0) is 0 Å². The summed E-state index contributed by atoms with van der Waals surface area (Å²) in [7, 11) is 0. The normalized spacial score (nSPS) is 10.1. The average molecular weight is 245 g/mol. The van der Waals surface area contributed by atoms with E-state index in [0.29, 0.717) is 0 Å². The summed E-state index contributed by atoms with van der Waals surface area (Å²) in [5.41, 5.74) is 0.816. The van der Waals surface area contributed by atoms with Crippen LogP contribution in [0.5, 0.6) is 0 Å². The summed E-state index contributed by atoms with van der Waals surface area (Å²) in [5.74, 6) is 1.33. The summed E-state index contributed by atoms with van der Waals surface area (Å²) in [6.45, 7) is 3.00. The van der Waals surface area contributed by atoms with E-state index in [1.54, 1.807) is 12.1 Å². The van der Waals surface area contributed by atoms with Gasteiger partial charge < -0.3 is 10.6 Å². The minimum atomic E-state index is -0.244. The van der Waals surface area contributed by atoms with Gasteiger partial charge in [0.05, 0.1) is 0 Å². The van der Waals surface area contributed by atoms with Crippen LogP contribution in [0.3, 0.4) is 0 Å². The number of aromatic nitrogens is 1. The maximum Gasteiger partial charge on any atom is 0.132 e. The van der Waals surface area contributed by atoms with Gasteiger partial charge in [0.15, 0.2) is 0 Å². The van der Waals surface area contributed by atoms with E-state index >= 15 is 0 Å². The smallest absolute Gasteiger partial charge is 0.132 e. The van der Waals surface area contributed by atoms with Gasteiger partial charge in [-0.15, -0.1) is 0 Å². The molecule has 0 unspecified atom stereocenters. The van der Waals surface area contributed by atoms with Crippen molar-refractivity contribution in [2.75, 3.05) is 17.2 Å². The zero-order valence-corrected chi connectivity index (χ0v) is 10.3. The molecule has 2 N–H and O–H groups in total. The van der Waals surface area contributed by atoms with E-state index in [1.165, 1.54) is 12.1 Å². The predicted octanol–water partition coefficient (Wildman–Crippen LogP) is 3.79. The predicted molar refractivity (Wildman–Crippen MR) is 72.7 cm³/mol. The number of pyridine rings is 1. The van der Waals surface area contributed by atoms with Crippen molar-refractivity contribution in [2.45, 2.75) is 13.3 Å². The third-order valence-corrected chi connectivity index (χ3v) is 2.42. The molecular formula is C14H16FN3. The van der Waals surface area contributed by atoms with Gasteiger partial charge in [0, 0.05) is 12.2 Å². The lowest BCUT2D eigenvalue weighted by Gasteiger charge is -2.08. The van der Waals surface area contributed by atoms with E-state index in [0.717, 1.165) is 30.3 Å². The monoisotopic (exact) mass is 245 g/mol. The Morgan fingerprint density at radius 3 is 2.50 bits per heavy atom. The minimum absolute atomic E-state index is 0.244. The van der Waals surface area contributed by atoms with Gasteiger partial charge in [-0.05, 0) is 42.8 Å². The van der Waals surface area contributed by atoms with Crippen molar-refractivity contribution in [3.63, 3.8) is 0 Å². The highest BCUT2D eigenvalue weighted by Crippen LogP contribution is 2.16. The van der Waals surface area contributed by atoms with Crippen molar-refractivity contribution in [2.24, 2.45) is 0 Å². The maximum atomic E-state index is 12.8. The highest BCUT2D eigenvalue weighted by Gasteiger charge is 1.98. The fourth-order valence-corrected chi connectivity index (χ4v) is 1.54. The van der Waals surface area contributed by atoms with Crippen LogP contribution in [0.4, 0.5) is 21.7 Å². The second kappa shape index (κ2) is 6.00. The Labute approximate surface area is 106 Å². The van der Waals surface area contributed by atoms with Gasteiger partial charge in [0.25, 0.3) is 0 Å². The molecule has 0 bridgehead atoms. The number of halogens is 1.